The highest BCUT2D eigenvalue weighted by atomic mass is 19.1. The lowest BCUT2D eigenvalue weighted by molar-refractivity contribution is -0.130. The molecule has 0 aromatic heterocycles. The summed E-state index contributed by atoms with van der Waals surface area (Å²) in [5.41, 5.74) is 4.30. The van der Waals surface area contributed by atoms with Crippen molar-refractivity contribution in [2.75, 3.05) is 31.1 Å². The van der Waals surface area contributed by atoms with Crippen molar-refractivity contribution in [2.24, 2.45) is 0 Å². The number of benzene rings is 2. The van der Waals surface area contributed by atoms with Gasteiger partial charge in [-0.05, 0) is 42.7 Å². The molecular weight excluding hydrogens is 303 g/mol. The van der Waals surface area contributed by atoms with Crippen molar-refractivity contribution in [2.45, 2.75) is 20.3 Å². The van der Waals surface area contributed by atoms with Crippen molar-refractivity contribution in [3.63, 3.8) is 0 Å². The van der Waals surface area contributed by atoms with Gasteiger partial charge < -0.3 is 9.80 Å². The predicted octanol–water partition coefficient (Wildman–Crippen LogP) is 3.33. The zero-order chi connectivity index (χ0) is 17.1. The Bertz CT molecular complexity index is 736. The van der Waals surface area contributed by atoms with Gasteiger partial charge in [0.2, 0.25) is 5.91 Å². The lowest BCUT2D eigenvalue weighted by Crippen LogP contribution is -2.49. The van der Waals surface area contributed by atoms with Gasteiger partial charge in [0.1, 0.15) is 5.82 Å². The fourth-order valence-corrected chi connectivity index (χ4v) is 3.19. The van der Waals surface area contributed by atoms with E-state index in [1.165, 1.54) is 22.9 Å². The zero-order valence-electron chi connectivity index (χ0n) is 14.3. The van der Waals surface area contributed by atoms with Gasteiger partial charge in [-0.1, -0.05) is 30.3 Å². The molecule has 1 aliphatic rings. The number of carbonyl (C=O) groups is 1. The first-order valence-electron chi connectivity index (χ1n) is 8.38. The van der Waals surface area contributed by atoms with Crippen LogP contribution in [0.1, 0.15) is 16.7 Å². The first-order chi connectivity index (χ1) is 11.6. The summed E-state index contributed by atoms with van der Waals surface area (Å²) >= 11 is 0. The minimum Gasteiger partial charge on any atom is -0.368 e. The minimum atomic E-state index is -0.306. The molecule has 24 heavy (non-hydrogen) atoms. The summed E-state index contributed by atoms with van der Waals surface area (Å²) < 4.78 is 13.7. The highest BCUT2D eigenvalue weighted by molar-refractivity contribution is 5.79. The predicted molar refractivity (Wildman–Crippen MR) is 94.8 cm³/mol. The van der Waals surface area contributed by atoms with Crippen LogP contribution in [0.2, 0.25) is 0 Å². The van der Waals surface area contributed by atoms with Gasteiger partial charge in [0, 0.05) is 31.9 Å². The number of hydrogen-bond acceptors (Lipinski definition) is 2. The first-order valence-corrected chi connectivity index (χ1v) is 8.38. The Balaban J connectivity index is 1.62. The third-order valence-electron chi connectivity index (χ3n) is 4.85. The molecule has 0 bridgehead atoms. The molecule has 1 saturated heterocycles. The Morgan fingerprint density at radius 3 is 2.42 bits per heavy atom. The Labute approximate surface area is 142 Å². The number of nitrogens with zero attached hydrogens (tertiary/aromatic N) is 2. The second-order valence-electron chi connectivity index (χ2n) is 6.36. The van der Waals surface area contributed by atoms with E-state index >= 15 is 0 Å². The van der Waals surface area contributed by atoms with E-state index in [0.717, 1.165) is 13.1 Å². The summed E-state index contributed by atoms with van der Waals surface area (Å²) in [7, 11) is 0. The maximum Gasteiger partial charge on any atom is 0.227 e. The van der Waals surface area contributed by atoms with Gasteiger partial charge in [-0.15, -0.1) is 0 Å². The molecule has 3 nitrogen and oxygen atoms in total. The lowest BCUT2D eigenvalue weighted by Gasteiger charge is -2.37. The number of anilines is 1. The van der Waals surface area contributed by atoms with Gasteiger partial charge >= 0.3 is 0 Å². The van der Waals surface area contributed by atoms with E-state index in [1.54, 1.807) is 18.2 Å². The maximum atomic E-state index is 13.7. The number of aryl methyl sites for hydroxylation is 1. The van der Waals surface area contributed by atoms with Crippen LogP contribution in [0.25, 0.3) is 0 Å². The highest BCUT2D eigenvalue weighted by Gasteiger charge is 2.22. The van der Waals surface area contributed by atoms with E-state index in [9.17, 15) is 9.18 Å². The van der Waals surface area contributed by atoms with Crippen molar-refractivity contribution in [1.29, 1.82) is 0 Å². The monoisotopic (exact) mass is 326 g/mol. The normalized spacial score (nSPS) is 14.8. The third kappa shape index (κ3) is 3.42. The number of piperazine rings is 1. The molecule has 4 heteroatoms. The van der Waals surface area contributed by atoms with Crippen molar-refractivity contribution < 1.29 is 9.18 Å². The van der Waals surface area contributed by atoms with E-state index < -0.39 is 0 Å². The largest absolute Gasteiger partial charge is 0.368 e. The zero-order valence-corrected chi connectivity index (χ0v) is 14.3. The van der Waals surface area contributed by atoms with Crippen molar-refractivity contribution in [1.82, 2.24) is 4.90 Å². The Kier molecular flexibility index (Phi) is 4.84. The van der Waals surface area contributed by atoms with Gasteiger partial charge in [-0.25, -0.2) is 4.39 Å². The van der Waals surface area contributed by atoms with Gasteiger partial charge in [-0.2, -0.15) is 0 Å². The van der Waals surface area contributed by atoms with Crippen LogP contribution < -0.4 is 4.90 Å². The molecule has 1 amide bonds. The van der Waals surface area contributed by atoms with Crippen LogP contribution in [0.5, 0.6) is 0 Å². The molecule has 1 aliphatic heterocycles. The minimum absolute atomic E-state index is 0.000661. The molecule has 1 fully saturated rings. The van der Waals surface area contributed by atoms with Crippen LogP contribution in [0, 0.1) is 19.7 Å². The van der Waals surface area contributed by atoms with E-state index in [1.807, 2.05) is 4.90 Å². The molecule has 3 rings (SSSR count). The molecule has 126 valence electrons. The number of amides is 1. The number of carbonyl (C=O) groups excluding carboxylic acids is 1. The van der Waals surface area contributed by atoms with Gasteiger partial charge in [0.05, 0.1) is 6.42 Å². The van der Waals surface area contributed by atoms with Gasteiger partial charge in [-0.3, -0.25) is 4.79 Å². The molecule has 0 aliphatic carbocycles. The van der Waals surface area contributed by atoms with Crippen molar-refractivity contribution in [3.05, 3.63) is 65.0 Å². The molecule has 0 spiro atoms. The molecule has 0 unspecified atom stereocenters. The summed E-state index contributed by atoms with van der Waals surface area (Å²) in [5.74, 6) is -0.305. The fourth-order valence-electron chi connectivity index (χ4n) is 3.19. The third-order valence-corrected chi connectivity index (χ3v) is 4.85. The van der Waals surface area contributed by atoms with E-state index in [0.29, 0.717) is 18.7 Å². The van der Waals surface area contributed by atoms with E-state index in [4.69, 9.17) is 0 Å². The summed E-state index contributed by atoms with van der Waals surface area (Å²) in [6.45, 7) is 7.25. The molecule has 0 N–H and O–H groups in total. The van der Waals surface area contributed by atoms with Crippen LogP contribution in [0.4, 0.5) is 10.1 Å². The van der Waals surface area contributed by atoms with Gasteiger partial charge in [0.25, 0.3) is 0 Å². The average Bonchev–Trinajstić information content (AvgIpc) is 2.59. The Morgan fingerprint density at radius 1 is 1.00 bits per heavy atom. The molecular formula is C20H23FN2O. The summed E-state index contributed by atoms with van der Waals surface area (Å²) in [5, 5.41) is 0. The second-order valence-corrected chi connectivity index (χ2v) is 6.36. The van der Waals surface area contributed by atoms with Crippen LogP contribution in [-0.4, -0.2) is 37.0 Å². The SMILES string of the molecule is Cc1cccc(N2CCN(C(=O)Cc3ccccc3F)CC2)c1C. The van der Waals surface area contributed by atoms with Crippen LogP contribution >= 0.6 is 0 Å². The first kappa shape index (κ1) is 16.5. The van der Waals surface area contributed by atoms with E-state index in [-0.39, 0.29) is 18.1 Å². The molecule has 0 radical (unpaired) electrons. The van der Waals surface area contributed by atoms with Gasteiger partial charge in [0.15, 0.2) is 0 Å². The summed E-state index contributed by atoms with van der Waals surface area (Å²) in [4.78, 5) is 16.6. The summed E-state index contributed by atoms with van der Waals surface area (Å²) in [6, 6.07) is 12.8. The number of hydrogen-bond donors (Lipinski definition) is 0. The van der Waals surface area contributed by atoms with Crippen molar-refractivity contribution >= 4 is 11.6 Å². The maximum absolute atomic E-state index is 13.7. The van der Waals surface area contributed by atoms with Crippen LogP contribution in [0.3, 0.4) is 0 Å². The van der Waals surface area contributed by atoms with Crippen molar-refractivity contribution in [3.8, 4) is 0 Å². The van der Waals surface area contributed by atoms with E-state index in [2.05, 4.69) is 36.9 Å². The fraction of sp³-hybridized carbons (Fsp3) is 0.350. The average molecular weight is 326 g/mol. The second kappa shape index (κ2) is 7.04. The Hall–Kier alpha value is -2.36. The molecule has 2 aromatic carbocycles. The van der Waals surface area contributed by atoms with Crippen LogP contribution in [0.15, 0.2) is 42.5 Å². The molecule has 2 aromatic rings. The molecule has 0 saturated carbocycles. The lowest BCUT2D eigenvalue weighted by atomic mass is 10.1. The topological polar surface area (TPSA) is 23.6 Å². The quantitative estimate of drug-likeness (QED) is 0.864. The number of rotatable bonds is 3. The Morgan fingerprint density at radius 2 is 1.71 bits per heavy atom. The number of halogens is 1. The molecule has 1 heterocycles. The standard InChI is InChI=1S/C20H23FN2O/c1-15-6-5-9-19(16(15)2)22-10-12-23(13-11-22)20(24)14-17-7-3-4-8-18(17)21/h3-9H,10-14H2,1-2H3. The van der Waals surface area contributed by atoms with Crippen LogP contribution in [-0.2, 0) is 11.2 Å². The smallest absolute Gasteiger partial charge is 0.227 e. The molecule has 0 atom stereocenters. The summed E-state index contributed by atoms with van der Waals surface area (Å²) in [6.07, 6.45) is 0.135. The highest BCUT2D eigenvalue weighted by Crippen LogP contribution is 2.24.